The third kappa shape index (κ3) is 3.91. The van der Waals surface area contributed by atoms with Crippen molar-refractivity contribution >= 4 is 13.1 Å². The third-order valence-corrected chi connectivity index (χ3v) is 5.63. The van der Waals surface area contributed by atoms with Crippen molar-refractivity contribution in [3.63, 3.8) is 0 Å². The molecule has 0 aliphatic carbocycles. The fraction of sp³-hybridized carbons (Fsp3) is 0.611. The van der Waals surface area contributed by atoms with Gasteiger partial charge in [0.1, 0.15) is 29.4 Å². The molecule has 0 spiro atoms. The van der Waals surface area contributed by atoms with E-state index in [1.807, 2.05) is 4.90 Å². The van der Waals surface area contributed by atoms with Gasteiger partial charge in [-0.15, -0.1) is 0 Å². The highest BCUT2D eigenvalue weighted by atomic mass is 16.5. The quantitative estimate of drug-likeness (QED) is 0.521. The third-order valence-electron chi connectivity index (χ3n) is 5.63. The number of carboxylic acid groups (broad SMARTS) is 1. The van der Waals surface area contributed by atoms with Crippen LogP contribution in [0.3, 0.4) is 0 Å². The van der Waals surface area contributed by atoms with E-state index in [1.54, 1.807) is 12.1 Å². The molecule has 0 bridgehead atoms. The number of nitrogens with one attached hydrogen (secondary N) is 1. The van der Waals surface area contributed by atoms with E-state index in [0.717, 1.165) is 31.5 Å². The second-order valence-corrected chi connectivity index (χ2v) is 7.61. The number of aliphatic hydroxyl groups excluding tert-OH is 1. The zero-order valence-electron chi connectivity index (χ0n) is 15.1. The van der Waals surface area contributed by atoms with Gasteiger partial charge in [0.2, 0.25) is 0 Å². The number of hydrogen-bond donors (Lipinski definition) is 4. The van der Waals surface area contributed by atoms with E-state index in [-0.39, 0.29) is 23.2 Å². The Labute approximate surface area is 158 Å². The summed E-state index contributed by atoms with van der Waals surface area (Å²) in [6.07, 6.45) is 2.18. The Morgan fingerprint density at radius 3 is 2.96 bits per heavy atom. The molecule has 0 saturated carbocycles. The molecule has 3 aliphatic rings. The van der Waals surface area contributed by atoms with E-state index in [1.165, 1.54) is 0 Å². The summed E-state index contributed by atoms with van der Waals surface area (Å²) in [5, 5.41) is 33.0. The van der Waals surface area contributed by atoms with Gasteiger partial charge in [0.05, 0.1) is 0 Å². The summed E-state index contributed by atoms with van der Waals surface area (Å²) in [4.78, 5) is 13.7. The predicted molar refractivity (Wildman–Crippen MR) is 98.1 cm³/mol. The minimum atomic E-state index is -1.14. The summed E-state index contributed by atoms with van der Waals surface area (Å²) in [5.74, 6) is -0.193. The highest BCUT2D eigenvalue weighted by Crippen LogP contribution is 2.37. The molecule has 146 valence electrons. The second-order valence-electron chi connectivity index (χ2n) is 7.61. The summed E-state index contributed by atoms with van der Waals surface area (Å²) in [5.41, 5.74) is 0.725. The van der Waals surface area contributed by atoms with Crippen LogP contribution in [0.25, 0.3) is 0 Å². The average Bonchev–Trinajstić information content (AvgIpc) is 3.09. The number of aryl methyl sites for hydroxylation is 1. The van der Waals surface area contributed by atoms with Crippen LogP contribution in [-0.4, -0.2) is 71.7 Å². The molecule has 0 amide bonds. The zero-order chi connectivity index (χ0) is 19.0. The molecule has 4 N–H and O–H groups in total. The van der Waals surface area contributed by atoms with Gasteiger partial charge in [-0.25, -0.2) is 4.79 Å². The van der Waals surface area contributed by atoms with Crippen LogP contribution in [0.5, 0.6) is 11.5 Å². The van der Waals surface area contributed by atoms with Gasteiger partial charge in [-0.05, 0) is 56.2 Å². The number of likely N-dealkylation sites (tertiary alicyclic amines) is 1. The van der Waals surface area contributed by atoms with Crippen molar-refractivity contribution in [1.82, 2.24) is 10.2 Å². The first-order valence-corrected chi connectivity index (χ1v) is 9.54. The molecule has 0 aromatic heterocycles. The van der Waals surface area contributed by atoms with Crippen LogP contribution < -0.4 is 14.7 Å². The van der Waals surface area contributed by atoms with Gasteiger partial charge >= 0.3 is 13.1 Å². The Bertz CT molecular complexity index is 705. The Morgan fingerprint density at radius 1 is 1.44 bits per heavy atom. The van der Waals surface area contributed by atoms with Crippen molar-refractivity contribution in [3.05, 3.63) is 23.3 Å². The van der Waals surface area contributed by atoms with Gasteiger partial charge < -0.3 is 29.9 Å². The summed E-state index contributed by atoms with van der Waals surface area (Å²) in [7, 11) is -0.995. The lowest BCUT2D eigenvalue weighted by Crippen LogP contribution is -2.58. The van der Waals surface area contributed by atoms with Crippen LogP contribution in [0.1, 0.15) is 28.8 Å². The molecule has 9 heteroatoms. The Morgan fingerprint density at radius 2 is 2.26 bits per heavy atom. The van der Waals surface area contributed by atoms with Crippen LogP contribution in [0, 0.1) is 5.92 Å². The fourth-order valence-electron chi connectivity index (χ4n) is 4.04. The second kappa shape index (κ2) is 7.67. The summed E-state index contributed by atoms with van der Waals surface area (Å²) < 4.78 is 11.3. The average molecular weight is 376 g/mol. The van der Waals surface area contributed by atoms with E-state index in [0.29, 0.717) is 31.7 Å². The first kappa shape index (κ1) is 18.6. The van der Waals surface area contributed by atoms with Crippen LogP contribution >= 0.6 is 0 Å². The van der Waals surface area contributed by atoms with E-state index >= 15 is 0 Å². The molecule has 0 radical (unpaired) electrons. The molecule has 2 fully saturated rings. The lowest BCUT2D eigenvalue weighted by atomic mass is 9.78. The highest BCUT2D eigenvalue weighted by molar-refractivity contribution is 6.44. The van der Waals surface area contributed by atoms with Crippen LogP contribution in [0.2, 0.25) is 6.32 Å². The van der Waals surface area contributed by atoms with Gasteiger partial charge in [0.15, 0.2) is 0 Å². The Hall–Kier alpha value is -1.81. The van der Waals surface area contributed by atoms with Gasteiger partial charge in [-0.1, -0.05) is 6.07 Å². The smallest absolute Gasteiger partial charge is 0.522 e. The van der Waals surface area contributed by atoms with Crippen molar-refractivity contribution < 1.29 is 29.4 Å². The van der Waals surface area contributed by atoms with Gasteiger partial charge in [-0.3, -0.25) is 4.90 Å². The minimum Gasteiger partial charge on any atom is -0.535 e. The maximum absolute atomic E-state index is 11.8. The molecular weight excluding hydrogens is 351 g/mol. The number of ether oxygens (including phenoxy) is 1. The predicted octanol–water partition coefficient (Wildman–Crippen LogP) is 0.181. The summed E-state index contributed by atoms with van der Waals surface area (Å²) in [6, 6.07) is 3.45. The van der Waals surface area contributed by atoms with Crippen LogP contribution in [0.15, 0.2) is 12.1 Å². The molecule has 2 unspecified atom stereocenters. The number of carboxylic acids is 1. The number of rotatable bonds is 6. The minimum absolute atomic E-state index is 0.0396. The van der Waals surface area contributed by atoms with E-state index in [2.05, 4.69) is 5.32 Å². The maximum atomic E-state index is 11.8. The monoisotopic (exact) mass is 376 g/mol. The lowest BCUT2D eigenvalue weighted by Gasteiger charge is -2.42. The zero-order valence-corrected chi connectivity index (χ0v) is 15.1. The number of benzene rings is 1. The molecule has 8 nitrogen and oxygen atoms in total. The first-order chi connectivity index (χ1) is 13.0. The maximum Gasteiger partial charge on any atom is 0.522 e. The van der Waals surface area contributed by atoms with E-state index in [9.17, 15) is 20.0 Å². The SMILES string of the molecule is O=C(O)c1c(OC2CN(C(O)CC3CCNC3)C2)ccc2c1OB(O)CC2. The number of carbonyl (C=O) groups is 1. The van der Waals surface area contributed by atoms with Crippen molar-refractivity contribution in [2.45, 2.75) is 37.9 Å². The molecular formula is C18H25BN2O6. The number of hydrogen-bond acceptors (Lipinski definition) is 7. The van der Waals surface area contributed by atoms with E-state index in [4.69, 9.17) is 9.39 Å². The molecule has 3 heterocycles. The Kier molecular flexibility index (Phi) is 5.27. The number of aromatic carboxylic acids is 1. The van der Waals surface area contributed by atoms with Crippen molar-refractivity contribution in [2.75, 3.05) is 26.2 Å². The first-order valence-electron chi connectivity index (χ1n) is 9.54. The topological polar surface area (TPSA) is 111 Å². The van der Waals surface area contributed by atoms with Gasteiger partial charge in [-0.2, -0.15) is 0 Å². The molecule has 2 atom stereocenters. The highest BCUT2D eigenvalue weighted by Gasteiger charge is 2.36. The van der Waals surface area contributed by atoms with Crippen LogP contribution in [0.4, 0.5) is 0 Å². The molecule has 3 aliphatic heterocycles. The normalized spacial score (nSPS) is 24.1. The number of aliphatic hydroxyl groups is 1. The summed E-state index contributed by atoms with van der Waals surface area (Å²) in [6.45, 7) is 3.08. The number of fused-ring (bicyclic) bond motifs is 1. The lowest BCUT2D eigenvalue weighted by molar-refractivity contribution is -0.0978. The summed E-state index contributed by atoms with van der Waals surface area (Å²) >= 11 is 0. The molecule has 2 saturated heterocycles. The molecule has 1 aromatic rings. The molecule has 27 heavy (non-hydrogen) atoms. The largest absolute Gasteiger partial charge is 0.535 e. The molecule has 4 rings (SSSR count). The standard InChI is InChI=1S/C18H25BN2O6/c22-15(7-11-4-6-20-8-11)21-9-13(10-21)26-14-2-1-12-3-5-19(25)27-17(12)16(14)18(23)24/h1-2,11,13,15,20,22,25H,3-10H2,(H,23,24). The number of nitrogens with zero attached hydrogens (tertiary/aromatic N) is 1. The van der Waals surface area contributed by atoms with E-state index < -0.39 is 19.3 Å². The Balaban J connectivity index is 1.39. The van der Waals surface area contributed by atoms with Gasteiger partial charge in [0, 0.05) is 13.1 Å². The van der Waals surface area contributed by atoms with Crippen LogP contribution in [-0.2, 0) is 6.42 Å². The van der Waals surface area contributed by atoms with Crippen molar-refractivity contribution in [3.8, 4) is 11.5 Å². The van der Waals surface area contributed by atoms with Crippen molar-refractivity contribution in [1.29, 1.82) is 0 Å². The molecule has 1 aromatic carbocycles. The van der Waals surface area contributed by atoms with Gasteiger partial charge in [0.25, 0.3) is 0 Å². The fourth-order valence-corrected chi connectivity index (χ4v) is 4.04. The van der Waals surface area contributed by atoms with Crippen molar-refractivity contribution in [2.24, 2.45) is 5.92 Å².